The molecule has 0 unspecified atom stereocenters. The van der Waals surface area contributed by atoms with E-state index in [1.54, 1.807) is 0 Å². The predicted molar refractivity (Wildman–Crippen MR) is 85.5 cm³/mol. The fraction of sp³-hybridized carbons (Fsp3) is 0.471. The highest BCUT2D eigenvalue weighted by Crippen LogP contribution is 2.22. The van der Waals surface area contributed by atoms with Crippen molar-refractivity contribution in [1.29, 1.82) is 0 Å². The minimum absolute atomic E-state index is 0.352. The van der Waals surface area contributed by atoms with Crippen molar-refractivity contribution >= 4 is 0 Å². The minimum atomic E-state index is 0.352. The number of aromatic nitrogens is 2. The topological polar surface area (TPSA) is 50.1 Å². The van der Waals surface area contributed by atoms with Crippen molar-refractivity contribution in [2.75, 3.05) is 6.54 Å². The van der Waals surface area contributed by atoms with Gasteiger partial charge in [0, 0.05) is 19.3 Å². The summed E-state index contributed by atoms with van der Waals surface area (Å²) in [7, 11) is 0. The molecule has 0 saturated heterocycles. The molecular weight excluding hydrogens is 262 g/mol. The Morgan fingerprint density at radius 1 is 1.29 bits per heavy atom. The van der Waals surface area contributed by atoms with E-state index >= 15 is 0 Å². The molecule has 4 heteroatoms. The second-order valence-corrected chi connectivity index (χ2v) is 5.90. The van der Waals surface area contributed by atoms with Gasteiger partial charge in [0.05, 0.1) is 6.20 Å². The van der Waals surface area contributed by atoms with Crippen LogP contribution in [0.15, 0.2) is 30.6 Å². The van der Waals surface area contributed by atoms with Gasteiger partial charge in [0.25, 0.3) is 0 Å². The Kier molecular flexibility index (Phi) is 5.39. The predicted octanol–water partition coefficient (Wildman–Crippen LogP) is 3.20. The number of rotatable bonds is 7. The Bertz CT molecular complexity index is 575. The number of hydrogen-bond donors (Lipinski definition) is 2. The van der Waals surface area contributed by atoms with Gasteiger partial charge in [-0.25, -0.2) is 0 Å². The van der Waals surface area contributed by atoms with Gasteiger partial charge in [-0.1, -0.05) is 19.9 Å². The largest absolute Gasteiger partial charge is 0.508 e. The van der Waals surface area contributed by atoms with E-state index in [2.05, 4.69) is 43.4 Å². The SMILES string of the molecule is Cc1cnn(CCCNCc2cc(O)cc(C(C)C)c2)c1. The quantitative estimate of drug-likeness (QED) is 0.769. The molecule has 0 fully saturated rings. The molecule has 4 nitrogen and oxygen atoms in total. The van der Waals surface area contributed by atoms with Gasteiger partial charge in [-0.2, -0.15) is 5.10 Å². The van der Waals surface area contributed by atoms with Gasteiger partial charge in [0.1, 0.15) is 5.75 Å². The zero-order valence-corrected chi connectivity index (χ0v) is 13.1. The molecule has 0 atom stereocenters. The Morgan fingerprint density at radius 2 is 2.10 bits per heavy atom. The third-order valence-electron chi connectivity index (χ3n) is 3.50. The Hall–Kier alpha value is -1.81. The second-order valence-electron chi connectivity index (χ2n) is 5.90. The monoisotopic (exact) mass is 287 g/mol. The van der Waals surface area contributed by atoms with E-state index in [0.717, 1.165) is 31.6 Å². The smallest absolute Gasteiger partial charge is 0.116 e. The third kappa shape index (κ3) is 4.90. The summed E-state index contributed by atoms with van der Waals surface area (Å²) in [5.41, 5.74) is 3.51. The molecule has 1 heterocycles. The number of nitrogens with one attached hydrogen (secondary N) is 1. The maximum atomic E-state index is 9.76. The second kappa shape index (κ2) is 7.27. The van der Waals surface area contributed by atoms with Crippen LogP contribution in [0.2, 0.25) is 0 Å². The Labute approximate surface area is 126 Å². The van der Waals surface area contributed by atoms with Crippen molar-refractivity contribution in [3.05, 3.63) is 47.3 Å². The molecule has 0 aliphatic heterocycles. The van der Waals surface area contributed by atoms with E-state index in [4.69, 9.17) is 0 Å². The Morgan fingerprint density at radius 3 is 2.76 bits per heavy atom. The summed E-state index contributed by atoms with van der Waals surface area (Å²) in [6.07, 6.45) is 4.98. The lowest BCUT2D eigenvalue weighted by Crippen LogP contribution is -2.16. The molecule has 1 aromatic carbocycles. The summed E-state index contributed by atoms with van der Waals surface area (Å²) < 4.78 is 1.97. The van der Waals surface area contributed by atoms with Crippen LogP contribution in [-0.4, -0.2) is 21.4 Å². The first-order valence-electron chi connectivity index (χ1n) is 7.57. The van der Waals surface area contributed by atoms with Crippen LogP contribution < -0.4 is 5.32 Å². The van der Waals surface area contributed by atoms with E-state index in [-0.39, 0.29) is 0 Å². The third-order valence-corrected chi connectivity index (χ3v) is 3.50. The number of phenols is 1. The zero-order valence-electron chi connectivity index (χ0n) is 13.1. The summed E-state index contributed by atoms with van der Waals surface area (Å²) in [6, 6.07) is 5.83. The summed E-state index contributed by atoms with van der Waals surface area (Å²) in [5.74, 6) is 0.781. The molecule has 2 N–H and O–H groups in total. The molecule has 1 aromatic heterocycles. The highest BCUT2D eigenvalue weighted by molar-refractivity contribution is 5.35. The molecule has 0 aliphatic carbocycles. The lowest BCUT2D eigenvalue weighted by Gasteiger charge is -2.10. The highest BCUT2D eigenvalue weighted by atomic mass is 16.3. The van der Waals surface area contributed by atoms with Gasteiger partial charge >= 0.3 is 0 Å². The minimum Gasteiger partial charge on any atom is -0.508 e. The van der Waals surface area contributed by atoms with Crippen LogP contribution in [-0.2, 0) is 13.1 Å². The van der Waals surface area contributed by atoms with Crippen molar-refractivity contribution in [3.8, 4) is 5.75 Å². The van der Waals surface area contributed by atoms with Crippen LogP contribution in [0.1, 0.15) is 42.9 Å². The first-order chi connectivity index (χ1) is 10.0. The molecule has 2 rings (SSSR count). The molecule has 114 valence electrons. The van der Waals surface area contributed by atoms with Crippen molar-refractivity contribution in [2.45, 2.75) is 46.2 Å². The Balaban J connectivity index is 1.75. The van der Waals surface area contributed by atoms with Crippen molar-refractivity contribution in [3.63, 3.8) is 0 Å². The summed E-state index contributed by atoms with van der Waals surface area (Å²) in [4.78, 5) is 0. The van der Waals surface area contributed by atoms with E-state index in [0.29, 0.717) is 11.7 Å². The van der Waals surface area contributed by atoms with Gasteiger partial charge in [-0.15, -0.1) is 0 Å². The van der Waals surface area contributed by atoms with E-state index in [1.807, 2.05) is 23.0 Å². The van der Waals surface area contributed by atoms with Crippen LogP contribution in [0.25, 0.3) is 0 Å². The summed E-state index contributed by atoms with van der Waals surface area (Å²) in [5, 5.41) is 17.4. The number of benzene rings is 1. The normalized spacial score (nSPS) is 11.2. The number of aryl methyl sites for hydroxylation is 2. The van der Waals surface area contributed by atoms with E-state index < -0.39 is 0 Å². The molecular formula is C17H25N3O. The fourth-order valence-electron chi connectivity index (χ4n) is 2.32. The van der Waals surface area contributed by atoms with E-state index in [1.165, 1.54) is 11.1 Å². The molecule has 0 amide bonds. The number of aromatic hydroxyl groups is 1. The van der Waals surface area contributed by atoms with E-state index in [9.17, 15) is 5.11 Å². The van der Waals surface area contributed by atoms with Gasteiger partial charge in [-0.3, -0.25) is 4.68 Å². The first kappa shape index (κ1) is 15.6. The van der Waals surface area contributed by atoms with Gasteiger partial charge in [-0.05, 0) is 54.6 Å². The van der Waals surface area contributed by atoms with Crippen LogP contribution in [0.3, 0.4) is 0 Å². The van der Waals surface area contributed by atoms with Crippen LogP contribution in [0, 0.1) is 6.92 Å². The maximum absolute atomic E-state index is 9.76. The average molecular weight is 287 g/mol. The summed E-state index contributed by atoms with van der Waals surface area (Å²) in [6.45, 7) is 8.97. The molecule has 0 bridgehead atoms. The molecule has 0 spiro atoms. The van der Waals surface area contributed by atoms with Crippen molar-refractivity contribution < 1.29 is 5.11 Å². The zero-order chi connectivity index (χ0) is 15.2. The van der Waals surface area contributed by atoms with Gasteiger partial charge in [0.15, 0.2) is 0 Å². The highest BCUT2D eigenvalue weighted by Gasteiger charge is 2.04. The van der Waals surface area contributed by atoms with Crippen LogP contribution >= 0.6 is 0 Å². The van der Waals surface area contributed by atoms with Gasteiger partial charge in [0.2, 0.25) is 0 Å². The molecule has 0 radical (unpaired) electrons. The molecule has 2 aromatic rings. The van der Waals surface area contributed by atoms with Crippen LogP contribution in [0.5, 0.6) is 5.75 Å². The molecule has 0 saturated carbocycles. The van der Waals surface area contributed by atoms with Gasteiger partial charge < -0.3 is 10.4 Å². The van der Waals surface area contributed by atoms with Crippen LogP contribution in [0.4, 0.5) is 0 Å². The summed E-state index contributed by atoms with van der Waals surface area (Å²) >= 11 is 0. The lowest BCUT2D eigenvalue weighted by atomic mass is 10.0. The molecule has 0 aliphatic rings. The number of hydrogen-bond acceptors (Lipinski definition) is 3. The standard InChI is InChI=1S/C17H25N3O/c1-13(2)16-7-15(8-17(21)9-16)11-18-5-4-6-20-12-14(3)10-19-20/h7-10,12-13,18,21H,4-6,11H2,1-3H3. The first-order valence-corrected chi connectivity index (χ1v) is 7.57. The van der Waals surface area contributed by atoms with Crippen molar-refractivity contribution in [2.24, 2.45) is 0 Å². The number of nitrogens with zero attached hydrogens (tertiary/aromatic N) is 2. The fourth-order valence-corrected chi connectivity index (χ4v) is 2.32. The lowest BCUT2D eigenvalue weighted by molar-refractivity contribution is 0.472. The average Bonchev–Trinajstić information content (AvgIpc) is 2.83. The number of phenolic OH excluding ortho intramolecular Hbond substituents is 1. The molecule has 21 heavy (non-hydrogen) atoms. The maximum Gasteiger partial charge on any atom is 0.116 e. The van der Waals surface area contributed by atoms with Crippen molar-refractivity contribution in [1.82, 2.24) is 15.1 Å².